The molecule has 0 aromatic heterocycles. The molecule has 2 N–H and O–H groups in total. The van der Waals surface area contributed by atoms with Crippen LogP contribution in [0.4, 0.5) is 0 Å². The third-order valence-electron chi connectivity index (χ3n) is 2.97. The molecule has 1 rings (SSSR count). The van der Waals surface area contributed by atoms with E-state index in [0.717, 1.165) is 19.5 Å². The van der Waals surface area contributed by atoms with Crippen LogP contribution in [0.5, 0.6) is 0 Å². The number of unbranched alkanes of at least 4 members (excludes halogenated alkanes) is 3. The molecule has 0 aromatic carbocycles. The Morgan fingerprint density at radius 2 is 2.29 bits per heavy atom. The van der Waals surface area contributed by atoms with Crippen LogP contribution in [0.15, 0.2) is 12.2 Å². The molecule has 1 unspecified atom stereocenters. The number of carbonyl (C=O) groups is 1. The standard InChI is InChI=1S/C13H24N2O2/c1-2-3-4-5-6-7-8-15-9-10-17-12(11-15)13(14)16/h6-7,12H,2-5,8-11H2,1H3,(H2,14,16). The summed E-state index contributed by atoms with van der Waals surface area (Å²) in [6, 6.07) is 0. The second-order valence-electron chi connectivity index (χ2n) is 4.49. The van der Waals surface area contributed by atoms with Gasteiger partial charge in [0.15, 0.2) is 0 Å². The topological polar surface area (TPSA) is 55.6 Å². The SMILES string of the molecule is CCCCCC=CCN1CCOC(C(N)=O)C1. The predicted molar refractivity (Wildman–Crippen MR) is 68.7 cm³/mol. The highest BCUT2D eigenvalue weighted by molar-refractivity contribution is 5.79. The lowest BCUT2D eigenvalue weighted by Crippen LogP contribution is -2.48. The third-order valence-corrected chi connectivity index (χ3v) is 2.97. The fourth-order valence-corrected chi connectivity index (χ4v) is 1.89. The van der Waals surface area contributed by atoms with Crippen molar-refractivity contribution in [2.24, 2.45) is 5.73 Å². The number of allylic oxidation sites excluding steroid dienone is 1. The van der Waals surface area contributed by atoms with Crippen LogP contribution in [0, 0.1) is 0 Å². The van der Waals surface area contributed by atoms with Gasteiger partial charge in [-0.25, -0.2) is 0 Å². The van der Waals surface area contributed by atoms with Crippen molar-refractivity contribution in [3.05, 3.63) is 12.2 Å². The van der Waals surface area contributed by atoms with E-state index in [-0.39, 0.29) is 5.91 Å². The van der Waals surface area contributed by atoms with Crippen molar-refractivity contribution >= 4 is 5.91 Å². The van der Waals surface area contributed by atoms with Crippen LogP contribution >= 0.6 is 0 Å². The van der Waals surface area contributed by atoms with Crippen LogP contribution < -0.4 is 5.73 Å². The number of carbonyl (C=O) groups excluding carboxylic acids is 1. The predicted octanol–water partition coefficient (Wildman–Crippen LogP) is 1.31. The largest absolute Gasteiger partial charge is 0.367 e. The minimum absolute atomic E-state index is 0.360. The normalized spacial score (nSPS) is 22.1. The van der Waals surface area contributed by atoms with Gasteiger partial charge in [0, 0.05) is 19.6 Å². The minimum Gasteiger partial charge on any atom is -0.367 e. The van der Waals surface area contributed by atoms with E-state index in [4.69, 9.17) is 10.5 Å². The molecule has 0 radical (unpaired) electrons. The third kappa shape index (κ3) is 5.84. The van der Waals surface area contributed by atoms with Gasteiger partial charge >= 0.3 is 0 Å². The zero-order valence-electron chi connectivity index (χ0n) is 10.7. The lowest BCUT2D eigenvalue weighted by Gasteiger charge is -2.30. The molecule has 0 spiro atoms. The number of ether oxygens (including phenoxy) is 1. The molecular formula is C13H24N2O2. The molecule has 1 aliphatic rings. The monoisotopic (exact) mass is 240 g/mol. The maximum Gasteiger partial charge on any atom is 0.247 e. The first-order valence-corrected chi connectivity index (χ1v) is 6.52. The Morgan fingerprint density at radius 1 is 1.47 bits per heavy atom. The average molecular weight is 240 g/mol. The number of hydrogen-bond donors (Lipinski definition) is 1. The summed E-state index contributed by atoms with van der Waals surface area (Å²) in [5.74, 6) is -0.360. The highest BCUT2D eigenvalue weighted by Gasteiger charge is 2.23. The molecule has 0 aliphatic carbocycles. The van der Waals surface area contributed by atoms with Crippen LogP contribution in [0.1, 0.15) is 32.6 Å². The van der Waals surface area contributed by atoms with Crippen molar-refractivity contribution < 1.29 is 9.53 Å². The highest BCUT2D eigenvalue weighted by atomic mass is 16.5. The number of primary amides is 1. The molecule has 0 bridgehead atoms. The molecule has 1 atom stereocenters. The van der Waals surface area contributed by atoms with Crippen LogP contribution in [-0.2, 0) is 9.53 Å². The lowest BCUT2D eigenvalue weighted by molar-refractivity contribution is -0.134. The molecule has 1 aliphatic heterocycles. The van der Waals surface area contributed by atoms with Gasteiger partial charge < -0.3 is 10.5 Å². The van der Waals surface area contributed by atoms with Crippen LogP contribution in [0.25, 0.3) is 0 Å². The van der Waals surface area contributed by atoms with Crippen molar-refractivity contribution in [3.63, 3.8) is 0 Å². The molecule has 4 heteroatoms. The number of nitrogens with two attached hydrogens (primary N) is 1. The fraction of sp³-hybridized carbons (Fsp3) is 0.769. The smallest absolute Gasteiger partial charge is 0.247 e. The van der Waals surface area contributed by atoms with E-state index < -0.39 is 6.10 Å². The second-order valence-corrected chi connectivity index (χ2v) is 4.49. The van der Waals surface area contributed by atoms with Gasteiger partial charge in [0.25, 0.3) is 0 Å². The molecule has 1 saturated heterocycles. The summed E-state index contributed by atoms with van der Waals surface area (Å²) in [6.45, 7) is 5.19. The first-order chi connectivity index (χ1) is 8.24. The molecular weight excluding hydrogens is 216 g/mol. The van der Waals surface area contributed by atoms with Crippen LogP contribution in [0.3, 0.4) is 0 Å². The Hall–Kier alpha value is -0.870. The second kappa shape index (κ2) is 8.25. The van der Waals surface area contributed by atoms with Gasteiger partial charge in [-0.3, -0.25) is 9.69 Å². The van der Waals surface area contributed by atoms with E-state index in [0.29, 0.717) is 13.2 Å². The van der Waals surface area contributed by atoms with Crippen molar-refractivity contribution in [2.75, 3.05) is 26.2 Å². The molecule has 98 valence electrons. The summed E-state index contributed by atoms with van der Waals surface area (Å²) in [4.78, 5) is 13.2. The van der Waals surface area contributed by atoms with Crippen molar-refractivity contribution in [1.29, 1.82) is 0 Å². The first-order valence-electron chi connectivity index (χ1n) is 6.52. The molecule has 1 heterocycles. The van der Waals surface area contributed by atoms with E-state index in [1.165, 1.54) is 19.3 Å². The molecule has 0 aromatic rings. The van der Waals surface area contributed by atoms with Gasteiger partial charge in [-0.05, 0) is 12.8 Å². The Labute approximate surface area is 104 Å². The summed E-state index contributed by atoms with van der Waals surface area (Å²) < 4.78 is 5.29. The van der Waals surface area contributed by atoms with Crippen molar-refractivity contribution in [2.45, 2.75) is 38.7 Å². The zero-order chi connectivity index (χ0) is 12.5. The van der Waals surface area contributed by atoms with Crippen LogP contribution in [0.2, 0.25) is 0 Å². The van der Waals surface area contributed by atoms with E-state index >= 15 is 0 Å². The lowest BCUT2D eigenvalue weighted by atomic mass is 10.2. The van der Waals surface area contributed by atoms with Gasteiger partial charge in [0.05, 0.1) is 6.61 Å². The number of rotatable bonds is 7. The Morgan fingerprint density at radius 3 is 3.00 bits per heavy atom. The summed E-state index contributed by atoms with van der Waals surface area (Å²) in [7, 11) is 0. The molecule has 1 fully saturated rings. The van der Waals surface area contributed by atoms with Gasteiger partial charge in [-0.1, -0.05) is 31.9 Å². The van der Waals surface area contributed by atoms with Crippen LogP contribution in [-0.4, -0.2) is 43.2 Å². The van der Waals surface area contributed by atoms with E-state index in [1.54, 1.807) is 0 Å². The molecule has 0 saturated carbocycles. The maximum absolute atomic E-state index is 11.0. The van der Waals surface area contributed by atoms with E-state index in [2.05, 4.69) is 24.0 Å². The van der Waals surface area contributed by atoms with Gasteiger partial charge in [-0.15, -0.1) is 0 Å². The molecule has 4 nitrogen and oxygen atoms in total. The van der Waals surface area contributed by atoms with Gasteiger partial charge in [-0.2, -0.15) is 0 Å². The Bertz CT molecular complexity index is 254. The Balaban J connectivity index is 2.16. The minimum atomic E-state index is -0.433. The highest BCUT2D eigenvalue weighted by Crippen LogP contribution is 2.05. The van der Waals surface area contributed by atoms with E-state index in [1.807, 2.05) is 0 Å². The number of hydrogen-bond acceptors (Lipinski definition) is 3. The zero-order valence-corrected chi connectivity index (χ0v) is 10.7. The first kappa shape index (κ1) is 14.2. The Kier molecular flexibility index (Phi) is 6.89. The summed E-state index contributed by atoms with van der Waals surface area (Å²) >= 11 is 0. The van der Waals surface area contributed by atoms with Gasteiger partial charge in [0.2, 0.25) is 5.91 Å². The average Bonchev–Trinajstić information content (AvgIpc) is 2.34. The molecule has 1 amide bonds. The summed E-state index contributed by atoms with van der Waals surface area (Å²) in [5.41, 5.74) is 5.23. The van der Waals surface area contributed by atoms with Crippen molar-refractivity contribution in [1.82, 2.24) is 4.90 Å². The van der Waals surface area contributed by atoms with Crippen molar-refractivity contribution in [3.8, 4) is 0 Å². The fourth-order valence-electron chi connectivity index (χ4n) is 1.89. The number of nitrogens with zero attached hydrogens (tertiary/aromatic N) is 1. The molecule has 17 heavy (non-hydrogen) atoms. The summed E-state index contributed by atoms with van der Waals surface area (Å²) in [5, 5.41) is 0. The maximum atomic E-state index is 11.0. The quantitative estimate of drug-likeness (QED) is 0.539. The van der Waals surface area contributed by atoms with Gasteiger partial charge in [0.1, 0.15) is 6.10 Å². The van der Waals surface area contributed by atoms with E-state index in [9.17, 15) is 4.79 Å². The number of morpholine rings is 1. The number of amides is 1. The summed E-state index contributed by atoms with van der Waals surface area (Å²) in [6.07, 6.45) is 8.95.